The largest absolute Gasteiger partial charge is 0.322 e. The van der Waals surface area contributed by atoms with Gasteiger partial charge < -0.3 is 9.88 Å². The van der Waals surface area contributed by atoms with Crippen molar-refractivity contribution in [2.75, 3.05) is 13.1 Å². The maximum absolute atomic E-state index is 8.79. The summed E-state index contributed by atoms with van der Waals surface area (Å²) in [6.45, 7) is 3.13. The monoisotopic (exact) mass is 190 g/mol. The molecule has 2 rings (SSSR count). The van der Waals surface area contributed by atoms with Crippen molar-refractivity contribution in [3.05, 3.63) is 18.2 Å². The van der Waals surface area contributed by atoms with Crippen LogP contribution in [0.15, 0.2) is 12.4 Å². The van der Waals surface area contributed by atoms with Gasteiger partial charge in [0, 0.05) is 18.9 Å². The van der Waals surface area contributed by atoms with Crippen LogP contribution in [0.1, 0.15) is 18.7 Å². The zero-order valence-corrected chi connectivity index (χ0v) is 8.11. The van der Waals surface area contributed by atoms with Crippen molar-refractivity contribution < 1.29 is 0 Å². The van der Waals surface area contributed by atoms with Crippen LogP contribution < -0.4 is 5.32 Å². The zero-order valence-electron chi connectivity index (χ0n) is 8.11. The Bertz CT molecular complexity index is 330. The Kier molecular flexibility index (Phi) is 2.80. The van der Waals surface area contributed by atoms with Crippen molar-refractivity contribution >= 4 is 0 Å². The van der Waals surface area contributed by atoms with Gasteiger partial charge in [0.2, 0.25) is 5.82 Å². The smallest absolute Gasteiger partial charge is 0.212 e. The molecular formula is C10H14N4. The first-order valence-corrected chi connectivity index (χ1v) is 5.02. The number of piperidine rings is 1. The molecule has 1 N–H and O–H groups in total. The lowest BCUT2D eigenvalue weighted by Gasteiger charge is -2.22. The molecule has 0 radical (unpaired) electrons. The van der Waals surface area contributed by atoms with Crippen LogP contribution in [0.5, 0.6) is 0 Å². The first-order valence-electron chi connectivity index (χ1n) is 5.02. The highest BCUT2D eigenvalue weighted by Crippen LogP contribution is 2.14. The maximum atomic E-state index is 8.79. The van der Waals surface area contributed by atoms with Crippen LogP contribution in [0.4, 0.5) is 0 Å². The number of imidazole rings is 1. The molecule has 2 heterocycles. The topological polar surface area (TPSA) is 53.6 Å². The molecule has 1 fully saturated rings. The summed E-state index contributed by atoms with van der Waals surface area (Å²) < 4.78 is 1.95. The third-order valence-corrected chi connectivity index (χ3v) is 2.73. The van der Waals surface area contributed by atoms with Crippen molar-refractivity contribution in [1.29, 1.82) is 5.26 Å². The Balaban J connectivity index is 1.99. The van der Waals surface area contributed by atoms with Crippen molar-refractivity contribution in [1.82, 2.24) is 14.9 Å². The van der Waals surface area contributed by atoms with Gasteiger partial charge in [-0.15, -0.1) is 0 Å². The fraction of sp³-hybridized carbons (Fsp3) is 0.600. The summed E-state index contributed by atoms with van der Waals surface area (Å²) >= 11 is 0. The molecule has 0 aliphatic carbocycles. The van der Waals surface area contributed by atoms with E-state index in [0.29, 0.717) is 11.7 Å². The van der Waals surface area contributed by atoms with E-state index < -0.39 is 0 Å². The molecule has 1 aromatic rings. The molecule has 0 unspecified atom stereocenters. The van der Waals surface area contributed by atoms with Gasteiger partial charge in [0.05, 0.1) is 0 Å². The molecule has 1 aliphatic heterocycles. The molecule has 0 amide bonds. The van der Waals surface area contributed by atoms with Crippen LogP contribution in [-0.2, 0) is 6.54 Å². The molecule has 1 aliphatic rings. The van der Waals surface area contributed by atoms with E-state index in [2.05, 4.69) is 16.4 Å². The Morgan fingerprint density at radius 3 is 3.07 bits per heavy atom. The summed E-state index contributed by atoms with van der Waals surface area (Å²) in [5.74, 6) is 1.22. The third kappa shape index (κ3) is 1.94. The lowest BCUT2D eigenvalue weighted by Crippen LogP contribution is -2.30. The zero-order chi connectivity index (χ0) is 9.80. The van der Waals surface area contributed by atoms with E-state index in [0.717, 1.165) is 19.6 Å². The third-order valence-electron chi connectivity index (χ3n) is 2.73. The van der Waals surface area contributed by atoms with Gasteiger partial charge in [0.25, 0.3) is 0 Å². The molecule has 0 bridgehead atoms. The molecule has 0 aromatic carbocycles. The fourth-order valence-corrected chi connectivity index (χ4v) is 1.91. The van der Waals surface area contributed by atoms with Crippen LogP contribution in [0.2, 0.25) is 0 Å². The van der Waals surface area contributed by atoms with Crippen LogP contribution in [0.25, 0.3) is 0 Å². The minimum absolute atomic E-state index is 0.531. The number of hydrogen-bond donors (Lipinski definition) is 1. The Labute approximate surface area is 83.6 Å². The Morgan fingerprint density at radius 2 is 2.36 bits per heavy atom. The van der Waals surface area contributed by atoms with E-state index in [1.165, 1.54) is 12.8 Å². The first kappa shape index (κ1) is 9.22. The van der Waals surface area contributed by atoms with E-state index in [-0.39, 0.29) is 0 Å². The molecular weight excluding hydrogens is 176 g/mol. The van der Waals surface area contributed by atoms with Gasteiger partial charge in [-0.05, 0) is 31.8 Å². The van der Waals surface area contributed by atoms with Crippen molar-refractivity contribution in [3.63, 3.8) is 0 Å². The predicted octanol–water partition coefficient (Wildman–Crippen LogP) is 0.754. The number of nitrogens with zero attached hydrogens (tertiary/aromatic N) is 3. The minimum atomic E-state index is 0.531. The second kappa shape index (κ2) is 4.25. The number of aromatic nitrogens is 2. The molecule has 0 saturated carbocycles. The lowest BCUT2D eigenvalue weighted by atomic mass is 9.98. The highest BCUT2D eigenvalue weighted by molar-refractivity contribution is 5.11. The van der Waals surface area contributed by atoms with E-state index >= 15 is 0 Å². The first-order chi connectivity index (χ1) is 6.90. The molecule has 4 nitrogen and oxygen atoms in total. The number of nitriles is 1. The molecule has 0 spiro atoms. The normalized spacial score (nSPS) is 17.9. The summed E-state index contributed by atoms with van der Waals surface area (Å²) in [6.07, 6.45) is 5.98. The van der Waals surface area contributed by atoms with Crippen LogP contribution >= 0.6 is 0 Å². The maximum Gasteiger partial charge on any atom is 0.212 e. The van der Waals surface area contributed by atoms with Gasteiger partial charge >= 0.3 is 0 Å². The molecule has 1 aromatic heterocycles. The van der Waals surface area contributed by atoms with Crippen molar-refractivity contribution in [2.45, 2.75) is 19.4 Å². The summed E-state index contributed by atoms with van der Waals surface area (Å²) in [6, 6.07) is 2.10. The molecule has 1 saturated heterocycles. The van der Waals surface area contributed by atoms with Gasteiger partial charge in [-0.1, -0.05) is 0 Å². The van der Waals surface area contributed by atoms with Gasteiger partial charge in [-0.3, -0.25) is 0 Å². The van der Waals surface area contributed by atoms with E-state index in [9.17, 15) is 0 Å². The average Bonchev–Trinajstić information content (AvgIpc) is 2.67. The van der Waals surface area contributed by atoms with Crippen LogP contribution in [0.3, 0.4) is 0 Å². The number of hydrogen-bond acceptors (Lipinski definition) is 3. The number of rotatable bonds is 2. The van der Waals surface area contributed by atoms with Gasteiger partial charge in [-0.2, -0.15) is 5.26 Å². The summed E-state index contributed by atoms with van der Waals surface area (Å²) in [4.78, 5) is 3.99. The Hall–Kier alpha value is -1.34. The quantitative estimate of drug-likeness (QED) is 0.749. The minimum Gasteiger partial charge on any atom is -0.322 e. The SMILES string of the molecule is N#Cc1nccn1CC1CCNCC1. The van der Waals surface area contributed by atoms with Gasteiger partial charge in [-0.25, -0.2) is 4.98 Å². The van der Waals surface area contributed by atoms with Crippen molar-refractivity contribution in [3.8, 4) is 6.07 Å². The molecule has 14 heavy (non-hydrogen) atoms. The Morgan fingerprint density at radius 1 is 1.57 bits per heavy atom. The van der Waals surface area contributed by atoms with E-state index in [4.69, 9.17) is 5.26 Å². The second-order valence-corrected chi connectivity index (χ2v) is 3.71. The molecule has 4 heteroatoms. The predicted molar refractivity (Wildman–Crippen MR) is 52.5 cm³/mol. The average molecular weight is 190 g/mol. The van der Waals surface area contributed by atoms with Crippen molar-refractivity contribution in [2.24, 2.45) is 5.92 Å². The van der Waals surface area contributed by atoms with Crippen LogP contribution in [-0.4, -0.2) is 22.6 Å². The number of nitrogens with one attached hydrogen (secondary N) is 1. The highest BCUT2D eigenvalue weighted by Gasteiger charge is 2.14. The van der Waals surface area contributed by atoms with Crippen LogP contribution in [0, 0.1) is 17.2 Å². The summed E-state index contributed by atoms with van der Waals surface area (Å²) in [5.41, 5.74) is 0. The molecule has 74 valence electrons. The van der Waals surface area contributed by atoms with E-state index in [1.807, 2.05) is 10.8 Å². The molecule has 0 atom stereocenters. The fourth-order valence-electron chi connectivity index (χ4n) is 1.91. The second-order valence-electron chi connectivity index (χ2n) is 3.71. The lowest BCUT2D eigenvalue weighted by molar-refractivity contribution is 0.332. The van der Waals surface area contributed by atoms with Gasteiger partial charge in [0.15, 0.2) is 0 Å². The summed E-state index contributed by atoms with van der Waals surface area (Å²) in [5, 5.41) is 12.1. The standard InChI is InChI=1S/C10H14N4/c11-7-10-13-5-6-14(10)8-9-1-3-12-4-2-9/h5-6,9,12H,1-4,8H2. The highest BCUT2D eigenvalue weighted by atomic mass is 15.1. The van der Waals surface area contributed by atoms with Gasteiger partial charge in [0.1, 0.15) is 6.07 Å². The van der Waals surface area contributed by atoms with E-state index in [1.54, 1.807) is 6.20 Å². The summed E-state index contributed by atoms with van der Waals surface area (Å²) in [7, 11) is 0.